The van der Waals surface area contributed by atoms with Crippen LogP contribution in [0.1, 0.15) is 94.9 Å². The Morgan fingerprint density at radius 2 is 1.55 bits per heavy atom. The predicted octanol–water partition coefficient (Wildman–Crippen LogP) is 7.73. The Kier molecular flexibility index (Phi) is 12.6. The van der Waals surface area contributed by atoms with Gasteiger partial charge in [-0.3, -0.25) is 0 Å². The van der Waals surface area contributed by atoms with Gasteiger partial charge in [-0.2, -0.15) is 4.68 Å². The molecule has 0 spiro atoms. The summed E-state index contributed by atoms with van der Waals surface area (Å²) in [7, 11) is -7.69. The van der Waals surface area contributed by atoms with Gasteiger partial charge in [0, 0.05) is 0 Å². The number of benzene rings is 1. The molecule has 44 heavy (non-hydrogen) atoms. The average Bonchev–Trinajstić information content (AvgIpc) is 3.70. The van der Waals surface area contributed by atoms with Crippen LogP contribution in [0.5, 0.6) is 0 Å². The summed E-state index contributed by atoms with van der Waals surface area (Å²) in [6, 6.07) is 15.5. The van der Waals surface area contributed by atoms with Gasteiger partial charge in [-0.25, -0.2) is 8.42 Å². The largest absolute Gasteiger partial charge is 0.411 e. The van der Waals surface area contributed by atoms with E-state index in [1.165, 1.54) is 4.68 Å². The molecule has 0 bridgehead atoms. The van der Waals surface area contributed by atoms with Crippen molar-refractivity contribution in [3.8, 4) is 5.69 Å². The lowest BCUT2D eigenvalue weighted by Crippen LogP contribution is -2.53. The van der Waals surface area contributed by atoms with Gasteiger partial charge in [-0.1, -0.05) is 64.8 Å². The van der Waals surface area contributed by atoms with Gasteiger partial charge in [0.25, 0.3) is 5.16 Å². The molecule has 1 aromatic heterocycles. The van der Waals surface area contributed by atoms with Crippen molar-refractivity contribution in [2.45, 2.75) is 165 Å². The highest BCUT2D eigenvalue weighted by atomic mass is 32.2. The van der Waals surface area contributed by atoms with Crippen LogP contribution < -0.4 is 0 Å². The van der Waals surface area contributed by atoms with E-state index in [1.54, 1.807) is 19.1 Å². The fourth-order valence-corrected chi connectivity index (χ4v) is 14.3. The summed E-state index contributed by atoms with van der Waals surface area (Å²) in [6.45, 7) is 21.8. The van der Waals surface area contributed by atoms with Gasteiger partial charge in [0.2, 0.25) is 9.84 Å². The summed E-state index contributed by atoms with van der Waals surface area (Å²) < 4.78 is 50.1. The summed E-state index contributed by atoms with van der Waals surface area (Å²) in [6.07, 6.45) is 2.46. The molecular weight excluding hydrogens is 609 g/mol. The molecule has 0 amide bonds. The molecule has 1 saturated heterocycles. The van der Waals surface area contributed by atoms with Crippen molar-refractivity contribution in [1.29, 1.82) is 0 Å². The summed E-state index contributed by atoms with van der Waals surface area (Å²) in [5, 5.41) is 10.8. The van der Waals surface area contributed by atoms with Crippen LogP contribution in [0.2, 0.25) is 36.3 Å². The Balaban J connectivity index is 1.86. The van der Waals surface area contributed by atoms with Crippen molar-refractivity contribution in [2.75, 3.05) is 0 Å². The average molecular weight is 667 g/mol. The lowest BCUT2D eigenvalue weighted by molar-refractivity contribution is -0.146. The van der Waals surface area contributed by atoms with E-state index in [1.807, 2.05) is 18.2 Å². The monoisotopic (exact) mass is 666 g/mol. The van der Waals surface area contributed by atoms with E-state index in [9.17, 15) is 8.42 Å². The smallest absolute Gasteiger partial charge is 0.272 e. The van der Waals surface area contributed by atoms with Crippen LogP contribution in [0.3, 0.4) is 0 Å². The fourth-order valence-electron chi connectivity index (χ4n) is 6.78. The lowest BCUT2D eigenvalue weighted by Gasteiger charge is -2.44. The number of tetrazole rings is 1. The van der Waals surface area contributed by atoms with Crippen LogP contribution in [-0.2, 0) is 23.4 Å². The zero-order chi connectivity index (χ0) is 32.8. The van der Waals surface area contributed by atoms with E-state index in [0.29, 0.717) is 18.5 Å². The minimum Gasteiger partial charge on any atom is -0.411 e. The maximum Gasteiger partial charge on any atom is 0.272 e. The standard InChI is InChI=1S/C32H58N4O5SSi2/c1-11-43(12-2,13-3)40-29(32(10)25-24-28(39-32)31(8,9)41-44(14-4,15-5)16-6)23-22-26(7)42(37,38)30-33-34-35-36(30)27-20-18-17-19-21-27/h17-21,26,28-29H,11-16,22-25H2,1-10H3/t26?,28-,29+,32-/m0/s1. The number of aromatic nitrogens is 4. The zero-order valence-electron chi connectivity index (χ0n) is 28.9. The summed E-state index contributed by atoms with van der Waals surface area (Å²) >= 11 is 0. The lowest BCUT2D eigenvalue weighted by atomic mass is 9.91. The van der Waals surface area contributed by atoms with Crippen molar-refractivity contribution < 1.29 is 22.0 Å². The molecule has 1 fully saturated rings. The van der Waals surface area contributed by atoms with Crippen LogP contribution in [0.15, 0.2) is 35.5 Å². The Morgan fingerprint density at radius 3 is 2.09 bits per heavy atom. The molecule has 0 N–H and O–H groups in total. The van der Waals surface area contributed by atoms with Gasteiger partial charge in [0.1, 0.15) is 0 Å². The van der Waals surface area contributed by atoms with E-state index in [2.05, 4.69) is 77.8 Å². The molecule has 2 aromatic rings. The molecule has 1 aliphatic heterocycles. The fraction of sp³-hybridized carbons (Fsp3) is 0.781. The molecule has 12 heteroatoms. The quantitative estimate of drug-likeness (QED) is 0.149. The molecule has 0 saturated carbocycles. The highest BCUT2D eigenvalue weighted by molar-refractivity contribution is 7.91. The minimum atomic E-state index is -3.81. The SMILES string of the molecule is CC[Si](CC)(CC)O[C@H](CCC(C)S(=O)(=O)c1nnnn1-c1ccccc1)[C@]1(C)CC[C@@H](C(C)(C)O[Si](CC)(CC)CC)O1. The van der Waals surface area contributed by atoms with Gasteiger partial charge >= 0.3 is 0 Å². The van der Waals surface area contributed by atoms with Crippen molar-refractivity contribution in [2.24, 2.45) is 0 Å². The maximum absolute atomic E-state index is 13.8. The molecule has 2 heterocycles. The molecule has 4 atom stereocenters. The predicted molar refractivity (Wildman–Crippen MR) is 182 cm³/mol. The molecule has 0 radical (unpaired) electrons. The molecule has 1 unspecified atom stereocenters. The van der Waals surface area contributed by atoms with Crippen LogP contribution in [0.4, 0.5) is 0 Å². The summed E-state index contributed by atoms with van der Waals surface area (Å²) in [5.41, 5.74) is -0.332. The van der Waals surface area contributed by atoms with Crippen molar-refractivity contribution in [3.63, 3.8) is 0 Å². The van der Waals surface area contributed by atoms with Gasteiger partial charge in [0.15, 0.2) is 16.6 Å². The van der Waals surface area contributed by atoms with Crippen LogP contribution in [0, 0.1) is 0 Å². The van der Waals surface area contributed by atoms with Crippen LogP contribution in [0.25, 0.3) is 5.69 Å². The number of hydrogen-bond donors (Lipinski definition) is 0. The Hall–Kier alpha value is -1.45. The topological polar surface area (TPSA) is 105 Å². The summed E-state index contributed by atoms with van der Waals surface area (Å²) in [5.74, 6) is 0. The molecule has 1 aromatic carbocycles. The minimum absolute atomic E-state index is 0.0484. The first kappa shape index (κ1) is 37.0. The Morgan fingerprint density at radius 1 is 0.977 bits per heavy atom. The number of hydrogen-bond acceptors (Lipinski definition) is 8. The van der Waals surface area contributed by atoms with Crippen LogP contribution >= 0.6 is 0 Å². The van der Waals surface area contributed by atoms with Crippen molar-refractivity contribution >= 4 is 26.5 Å². The number of ether oxygens (including phenoxy) is 1. The number of sulfone groups is 1. The molecule has 250 valence electrons. The van der Waals surface area contributed by atoms with Gasteiger partial charge in [0.05, 0.1) is 34.3 Å². The molecule has 9 nitrogen and oxygen atoms in total. The third kappa shape index (κ3) is 7.91. The second-order valence-corrected chi connectivity index (χ2v) is 25.1. The third-order valence-corrected chi connectivity index (χ3v) is 22.1. The number of rotatable bonds is 18. The normalized spacial score (nSPS) is 21.5. The maximum atomic E-state index is 13.8. The van der Waals surface area contributed by atoms with E-state index in [-0.39, 0.29) is 17.4 Å². The second kappa shape index (κ2) is 15.0. The van der Waals surface area contributed by atoms with Crippen molar-refractivity contribution in [1.82, 2.24) is 20.2 Å². The highest BCUT2D eigenvalue weighted by Gasteiger charge is 2.51. The van der Waals surface area contributed by atoms with E-state index in [0.717, 1.165) is 49.1 Å². The molecule has 0 aliphatic carbocycles. The Bertz CT molecular complexity index is 1270. The Labute approximate surface area is 269 Å². The number of nitrogens with zero attached hydrogens (tertiary/aromatic N) is 4. The van der Waals surface area contributed by atoms with E-state index in [4.69, 9.17) is 13.6 Å². The first-order valence-electron chi connectivity index (χ1n) is 16.8. The van der Waals surface area contributed by atoms with Crippen LogP contribution in [-0.4, -0.2) is 73.9 Å². The van der Waals surface area contributed by atoms with Crippen molar-refractivity contribution in [3.05, 3.63) is 30.3 Å². The second-order valence-electron chi connectivity index (χ2n) is 13.4. The molecule has 1 aliphatic rings. The molecular formula is C32H58N4O5SSi2. The summed E-state index contributed by atoms with van der Waals surface area (Å²) in [4.78, 5) is 0. The molecule has 3 rings (SSSR count). The van der Waals surface area contributed by atoms with E-state index < -0.39 is 42.9 Å². The third-order valence-electron chi connectivity index (χ3n) is 10.6. The number of para-hydroxylation sites is 1. The van der Waals surface area contributed by atoms with E-state index >= 15 is 0 Å². The van der Waals surface area contributed by atoms with Gasteiger partial charge in [-0.05, 0) is 112 Å². The van der Waals surface area contributed by atoms with Gasteiger partial charge < -0.3 is 13.6 Å². The zero-order valence-corrected chi connectivity index (χ0v) is 31.7. The van der Waals surface area contributed by atoms with Gasteiger partial charge in [-0.15, -0.1) is 0 Å². The first-order valence-corrected chi connectivity index (χ1v) is 23.4. The first-order chi connectivity index (χ1) is 20.7. The highest BCUT2D eigenvalue weighted by Crippen LogP contribution is 2.44.